The van der Waals surface area contributed by atoms with Gasteiger partial charge in [-0.05, 0) is 80.5 Å². The summed E-state index contributed by atoms with van der Waals surface area (Å²) in [6.07, 6.45) is 6.37. The molecule has 1 saturated carbocycles. The molecule has 0 spiro atoms. The predicted octanol–water partition coefficient (Wildman–Crippen LogP) is 6.94. The normalized spacial score (nSPS) is 13.3. The molecule has 0 unspecified atom stereocenters. The lowest BCUT2D eigenvalue weighted by atomic mass is 10.0. The van der Waals surface area contributed by atoms with Crippen molar-refractivity contribution in [3.05, 3.63) is 84.6 Å². The summed E-state index contributed by atoms with van der Waals surface area (Å²) < 4.78 is 8.00. The SMILES string of the molecule is CSc1nccc(-c2c(-c3ccc(OCC4CC4)cc3)nn3c(-c4cccc(C)c4)cccc23)n1. The summed E-state index contributed by atoms with van der Waals surface area (Å²) in [6, 6.07) is 25.1. The molecule has 0 N–H and O–H groups in total. The molecular weight excluding hydrogens is 452 g/mol. The number of pyridine rings is 1. The molecule has 6 rings (SSSR count). The van der Waals surface area contributed by atoms with Crippen LogP contribution in [0.25, 0.3) is 39.3 Å². The van der Waals surface area contributed by atoms with Crippen LogP contribution in [-0.4, -0.2) is 32.4 Å². The zero-order valence-electron chi connectivity index (χ0n) is 19.8. The van der Waals surface area contributed by atoms with Crippen molar-refractivity contribution in [2.45, 2.75) is 24.9 Å². The van der Waals surface area contributed by atoms with Crippen LogP contribution >= 0.6 is 11.8 Å². The monoisotopic (exact) mass is 478 g/mol. The van der Waals surface area contributed by atoms with Crippen LogP contribution in [0.5, 0.6) is 5.75 Å². The van der Waals surface area contributed by atoms with E-state index in [0.717, 1.165) is 62.7 Å². The molecule has 0 amide bonds. The van der Waals surface area contributed by atoms with Gasteiger partial charge < -0.3 is 4.74 Å². The molecule has 3 aromatic heterocycles. The molecule has 0 aliphatic heterocycles. The number of rotatable bonds is 7. The zero-order chi connectivity index (χ0) is 23.8. The Morgan fingerprint density at radius 1 is 0.971 bits per heavy atom. The Kier molecular flexibility index (Phi) is 5.74. The van der Waals surface area contributed by atoms with Crippen molar-refractivity contribution in [2.75, 3.05) is 12.9 Å². The third-order valence-electron chi connectivity index (χ3n) is 6.35. The van der Waals surface area contributed by atoms with Crippen LogP contribution < -0.4 is 4.74 Å². The van der Waals surface area contributed by atoms with Crippen molar-refractivity contribution in [2.24, 2.45) is 5.92 Å². The van der Waals surface area contributed by atoms with Crippen molar-refractivity contribution < 1.29 is 4.74 Å². The number of ether oxygens (including phenoxy) is 1. The van der Waals surface area contributed by atoms with Gasteiger partial charge in [-0.1, -0.05) is 41.6 Å². The highest BCUT2D eigenvalue weighted by molar-refractivity contribution is 7.98. The van der Waals surface area contributed by atoms with Crippen LogP contribution in [0, 0.1) is 12.8 Å². The second kappa shape index (κ2) is 9.19. The number of aryl methyl sites for hydroxylation is 1. The molecule has 0 atom stereocenters. The Bertz CT molecular complexity index is 1510. The number of aromatic nitrogens is 4. The first kappa shape index (κ1) is 21.9. The lowest BCUT2D eigenvalue weighted by molar-refractivity contribution is 0.300. The van der Waals surface area contributed by atoms with Gasteiger partial charge in [0.15, 0.2) is 5.16 Å². The topological polar surface area (TPSA) is 52.3 Å². The van der Waals surface area contributed by atoms with Gasteiger partial charge >= 0.3 is 0 Å². The largest absolute Gasteiger partial charge is 0.493 e. The number of hydrogen-bond donors (Lipinski definition) is 0. The highest BCUT2D eigenvalue weighted by atomic mass is 32.2. The van der Waals surface area contributed by atoms with E-state index in [1.165, 1.54) is 30.2 Å². The van der Waals surface area contributed by atoms with Crippen LogP contribution in [0.2, 0.25) is 0 Å². The van der Waals surface area contributed by atoms with Gasteiger partial charge in [-0.15, -0.1) is 0 Å². The highest BCUT2D eigenvalue weighted by Crippen LogP contribution is 2.37. The molecule has 5 nitrogen and oxygen atoms in total. The molecule has 1 aliphatic carbocycles. The number of thioether (sulfide) groups is 1. The van der Waals surface area contributed by atoms with Gasteiger partial charge in [0.25, 0.3) is 0 Å². The van der Waals surface area contributed by atoms with E-state index in [0.29, 0.717) is 0 Å². The van der Waals surface area contributed by atoms with Crippen molar-refractivity contribution in [1.82, 2.24) is 19.6 Å². The molecule has 3 heterocycles. The van der Waals surface area contributed by atoms with Gasteiger partial charge in [0, 0.05) is 17.3 Å². The van der Waals surface area contributed by atoms with Crippen molar-refractivity contribution in [3.63, 3.8) is 0 Å². The van der Waals surface area contributed by atoms with E-state index in [9.17, 15) is 0 Å². The van der Waals surface area contributed by atoms with E-state index in [-0.39, 0.29) is 0 Å². The van der Waals surface area contributed by atoms with Crippen LogP contribution in [0.15, 0.2) is 84.1 Å². The third-order valence-corrected chi connectivity index (χ3v) is 6.92. The van der Waals surface area contributed by atoms with E-state index < -0.39 is 0 Å². The molecule has 2 aromatic carbocycles. The minimum Gasteiger partial charge on any atom is -0.493 e. The summed E-state index contributed by atoms with van der Waals surface area (Å²) in [5, 5.41) is 5.89. The van der Waals surface area contributed by atoms with E-state index >= 15 is 0 Å². The second-order valence-corrected chi connectivity index (χ2v) is 9.78. The maximum absolute atomic E-state index is 5.96. The van der Waals surface area contributed by atoms with Gasteiger partial charge in [0.1, 0.15) is 11.4 Å². The Balaban J connectivity index is 1.52. The van der Waals surface area contributed by atoms with Gasteiger partial charge in [0.2, 0.25) is 0 Å². The minimum absolute atomic E-state index is 0.725. The van der Waals surface area contributed by atoms with E-state index in [2.05, 4.69) is 66.5 Å². The lowest BCUT2D eigenvalue weighted by Gasteiger charge is -2.07. The van der Waals surface area contributed by atoms with Gasteiger partial charge in [0.05, 0.1) is 29.1 Å². The van der Waals surface area contributed by atoms with Crippen molar-refractivity contribution in [3.8, 4) is 39.5 Å². The van der Waals surface area contributed by atoms with Gasteiger partial charge in [-0.2, -0.15) is 5.10 Å². The second-order valence-electron chi connectivity index (χ2n) is 9.01. The summed E-state index contributed by atoms with van der Waals surface area (Å²) in [7, 11) is 0. The average molecular weight is 479 g/mol. The minimum atomic E-state index is 0.725. The van der Waals surface area contributed by atoms with E-state index in [1.807, 2.05) is 35.2 Å². The standard InChI is InChI=1S/C29H26N4OS/c1-19-5-3-6-22(17-19)25-7-4-8-26-27(24-15-16-30-29(31-24)35-2)28(32-33(25)26)21-11-13-23(14-12-21)34-18-20-9-10-20/h3-8,11-17,20H,9-10,18H2,1-2H3. The lowest BCUT2D eigenvalue weighted by Crippen LogP contribution is -1.98. The summed E-state index contributed by atoms with van der Waals surface area (Å²) in [5.74, 6) is 1.63. The first-order chi connectivity index (χ1) is 17.2. The summed E-state index contributed by atoms with van der Waals surface area (Å²) in [5.41, 5.74) is 8.20. The number of hydrogen-bond acceptors (Lipinski definition) is 5. The molecule has 35 heavy (non-hydrogen) atoms. The predicted molar refractivity (Wildman–Crippen MR) is 142 cm³/mol. The third kappa shape index (κ3) is 4.42. The molecule has 1 fully saturated rings. The highest BCUT2D eigenvalue weighted by Gasteiger charge is 2.22. The number of fused-ring (bicyclic) bond motifs is 1. The molecular formula is C29H26N4OS. The Morgan fingerprint density at radius 3 is 2.57 bits per heavy atom. The number of nitrogens with zero attached hydrogens (tertiary/aromatic N) is 4. The Labute approximate surface area is 209 Å². The van der Waals surface area contributed by atoms with Gasteiger partial charge in [-0.25, -0.2) is 14.5 Å². The maximum atomic E-state index is 5.96. The fourth-order valence-corrected chi connectivity index (χ4v) is 4.69. The van der Waals surface area contributed by atoms with E-state index in [4.69, 9.17) is 14.8 Å². The van der Waals surface area contributed by atoms with Crippen molar-refractivity contribution >= 4 is 17.3 Å². The first-order valence-electron chi connectivity index (χ1n) is 11.9. The van der Waals surface area contributed by atoms with Crippen LogP contribution in [0.1, 0.15) is 18.4 Å². The quantitative estimate of drug-likeness (QED) is 0.187. The zero-order valence-corrected chi connectivity index (χ0v) is 20.6. The molecule has 6 heteroatoms. The summed E-state index contributed by atoms with van der Waals surface area (Å²) in [4.78, 5) is 9.22. The number of benzene rings is 2. The van der Waals surface area contributed by atoms with Crippen LogP contribution in [0.3, 0.4) is 0 Å². The molecule has 5 aromatic rings. The van der Waals surface area contributed by atoms with Crippen LogP contribution in [-0.2, 0) is 0 Å². The fourth-order valence-electron chi connectivity index (χ4n) is 4.33. The molecule has 0 bridgehead atoms. The molecule has 0 radical (unpaired) electrons. The molecule has 174 valence electrons. The van der Waals surface area contributed by atoms with Crippen LogP contribution in [0.4, 0.5) is 0 Å². The molecule has 1 aliphatic rings. The Hall–Kier alpha value is -3.64. The van der Waals surface area contributed by atoms with E-state index in [1.54, 1.807) is 0 Å². The smallest absolute Gasteiger partial charge is 0.187 e. The average Bonchev–Trinajstić information content (AvgIpc) is 3.65. The van der Waals surface area contributed by atoms with Crippen molar-refractivity contribution in [1.29, 1.82) is 0 Å². The fraction of sp³-hybridized carbons (Fsp3) is 0.207. The molecule has 0 saturated heterocycles. The maximum Gasteiger partial charge on any atom is 0.187 e. The van der Waals surface area contributed by atoms with Gasteiger partial charge in [-0.3, -0.25) is 0 Å². The first-order valence-corrected chi connectivity index (χ1v) is 13.1. The summed E-state index contributed by atoms with van der Waals surface area (Å²) in [6.45, 7) is 2.92. The summed E-state index contributed by atoms with van der Waals surface area (Å²) >= 11 is 1.54. The Morgan fingerprint density at radius 2 is 1.80 bits per heavy atom.